The van der Waals surface area contributed by atoms with Gasteiger partial charge in [-0.2, -0.15) is 0 Å². The highest BCUT2D eigenvalue weighted by Gasteiger charge is 2.57. The van der Waals surface area contributed by atoms with Gasteiger partial charge in [0.15, 0.2) is 5.75 Å². The van der Waals surface area contributed by atoms with Crippen LogP contribution < -0.4 is 9.18 Å². The molecule has 3 rings (SSSR count). The summed E-state index contributed by atoms with van der Waals surface area (Å²) in [6.45, 7) is 16.0. The Morgan fingerprint density at radius 3 is 2.12 bits per heavy atom. The van der Waals surface area contributed by atoms with Crippen LogP contribution in [0.5, 0.6) is 11.5 Å². The van der Waals surface area contributed by atoms with Crippen LogP contribution in [0.1, 0.15) is 67.7 Å². The summed E-state index contributed by atoms with van der Waals surface area (Å²) >= 11 is 3.85. The predicted molar refractivity (Wildman–Crippen MR) is 115 cm³/mol. The van der Waals surface area contributed by atoms with E-state index in [1.54, 1.807) is 0 Å². The summed E-state index contributed by atoms with van der Waals surface area (Å²) in [5.74, 6) is 1.62. The van der Waals surface area contributed by atoms with Crippen molar-refractivity contribution >= 4 is 29.7 Å². The zero-order valence-corrected chi connectivity index (χ0v) is 19.5. The van der Waals surface area contributed by atoms with Crippen molar-refractivity contribution in [2.45, 2.75) is 84.3 Å². The summed E-state index contributed by atoms with van der Waals surface area (Å²) < 4.78 is 15.4. The van der Waals surface area contributed by atoms with E-state index in [1.807, 2.05) is 24.3 Å². The maximum atomic E-state index is 6.69. The van der Waals surface area contributed by atoms with Crippen molar-refractivity contribution in [2.75, 3.05) is 0 Å². The molecule has 144 valence electrons. The van der Waals surface area contributed by atoms with E-state index in [0.29, 0.717) is 0 Å². The fourth-order valence-corrected chi connectivity index (χ4v) is 7.87. The van der Waals surface area contributed by atoms with Crippen LogP contribution in [-0.4, -0.2) is 33.2 Å². The van der Waals surface area contributed by atoms with Crippen LogP contribution in [0, 0.1) is 0 Å². The molecule has 26 heavy (non-hydrogen) atoms. The Kier molecular flexibility index (Phi) is 5.47. The molecule has 2 heterocycles. The van der Waals surface area contributed by atoms with Gasteiger partial charge in [0.2, 0.25) is 7.00 Å². The van der Waals surface area contributed by atoms with Gasteiger partial charge in [-0.25, -0.2) is 4.58 Å². The fraction of sp³-hybridized carbons (Fsp3) is 0.684. The Balaban J connectivity index is 2.13. The molecule has 0 amide bonds. The predicted octanol–water partition coefficient (Wildman–Crippen LogP) is 6.21. The van der Waals surface area contributed by atoms with Gasteiger partial charge in [-0.15, -0.1) is 0 Å². The summed E-state index contributed by atoms with van der Waals surface area (Å²) in [7, 11) is -1.22. The standard InChI is InChI=1S/C19H31BBrN2O2P/c1-17(2,3)23-20(22-18(4,5)13-10-14-19(22,6)7)24-15-11-8-9-12-16(15)25-26(23)21/h8-9,11-12H,10,13-14H2,1-7H3. The van der Waals surface area contributed by atoms with E-state index in [2.05, 4.69) is 73.3 Å². The largest absolute Gasteiger partial charge is 0.556 e. The maximum absolute atomic E-state index is 6.69. The van der Waals surface area contributed by atoms with Crippen LogP contribution in [0.25, 0.3) is 0 Å². The molecule has 2 aliphatic rings. The van der Waals surface area contributed by atoms with Gasteiger partial charge in [-0.05, 0) is 79.9 Å². The van der Waals surface area contributed by atoms with E-state index in [4.69, 9.17) is 9.18 Å². The second kappa shape index (κ2) is 6.95. The molecule has 1 saturated heterocycles. The minimum absolute atomic E-state index is 0.0401. The lowest BCUT2D eigenvalue weighted by Crippen LogP contribution is -2.71. The van der Waals surface area contributed by atoms with Gasteiger partial charge in [0.25, 0.3) is 0 Å². The number of hydrogen-bond acceptors (Lipinski definition) is 4. The average molecular weight is 441 g/mol. The Labute approximate surface area is 168 Å². The highest BCUT2D eigenvalue weighted by Crippen LogP contribution is 2.58. The van der Waals surface area contributed by atoms with Gasteiger partial charge in [0, 0.05) is 32.1 Å². The van der Waals surface area contributed by atoms with Gasteiger partial charge < -0.3 is 9.18 Å². The molecule has 1 aromatic rings. The summed E-state index contributed by atoms with van der Waals surface area (Å²) in [5, 5.41) is 0. The van der Waals surface area contributed by atoms with E-state index in [9.17, 15) is 0 Å². The van der Waals surface area contributed by atoms with Gasteiger partial charge >= 0.3 is 7.19 Å². The van der Waals surface area contributed by atoms with Crippen molar-refractivity contribution in [3.05, 3.63) is 24.3 Å². The number of hydrogen-bond donors (Lipinski definition) is 0. The van der Waals surface area contributed by atoms with Crippen LogP contribution in [0.3, 0.4) is 0 Å². The minimum Gasteiger partial charge on any atom is -0.530 e. The van der Waals surface area contributed by atoms with E-state index in [0.717, 1.165) is 24.3 Å². The van der Waals surface area contributed by atoms with Crippen molar-refractivity contribution in [1.29, 1.82) is 0 Å². The number of para-hydroxylation sites is 2. The Hall–Kier alpha value is -0.285. The third-order valence-electron chi connectivity index (χ3n) is 5.42. The number of piperidine rings is 1. The summed E-state index contributed by atoms with van der Waals surface area (Å²) in [6.07, 6.45) is 3.57. The molecule has 0 aromatic heterocycles. The van der Waals surface area contributed by atoms with Gasteiger partial charge in [0.1, 0.15) is 5.75 Å². The molecule has 7 heteroatoms. The summed E-state index contributed by atoms with van der Waals surface area (Å²) in [4.78, 5) is 2.57. The highest BCUT2D eigenvalue weighted by molar-refractivity contribution is 9.38. The molecule has 2 aliphatic heterocycles. The van der Waals surface area contributed by atoms with Crippen molar-refractivity contribution in [2.24, 2.45) is 0 Å². The third kappa shape index (κ3) is 3.80. The number of benzene rings is 1. The van der Waals surface area contributed by atoms with Crippen molar-refractivity contribution in [3.8, 4) is 11.5 Å². The maximum Gasteiger partial charge on any atom is 0.556 e. The molecule has 1 aromatic carbocycles. The van der Waals surface area contributed by atoms with E-state index in [-0.39, 0.29) is 23.8 Å². The summed E-state index contributed by atoms with van der Waals surface area (Å²) in [6, 6.07) is 8.00. The lowest BCUT2D eigenvalue weighted by atomic mass is 9.71. The number of fused-ring (bicyclic) bond motifs is 1. The molecule has 1 atom stereocenters. The zero-order chi connectivity index (χ0) is 19.3. The Morgan fingerprint density at radius 2 is 1.58 bits per heavy atom. The van der Waals surface area contributed by atoms with Gasteiger partial charge in [-0.1, -0.05) is 12.1 Å². The molecule has 0 spiro atoms. The van der Waals surface area contributed by atoms with Crippen molar-refractivity contribution in [1.82, 2.24) is 9.39 Å². The minimum atomic E-state index is -1.02. The number of halogens is 1. The van der Waals surface area contributed by atoms with Crippen LogP contribution in [-0.2, 0) is 0 Å². The van der Waals surface area contributed by atoms with Gasteiger partial charge in [0.05, 0.1) is 0 Å². The van der Waals surface area contributed by atoms with E-state index in [1.165, 1.54) is 6.42 Å². The monoisotopic (exact) mass is 440 g/mol. The second-order valence-electron chi connectivity index (χ2n) is 9.57. The third-order valence-corrected chi connectivity index (χ3v) is 8.37. The normalized spacial score (nSPS) is 26.5. The van der Waals surface area contributed by atoms with E-state index >= 15 is 0 Å². The molecular weight excluding hydrogens is 410 g/mol. The molecule has 0 radical (unpaired) electrons. The Morgan fingerprint density at radius 1 is 1.04 bits per heavy atom. The molecule has 1 unspecified atom stereocenters. The molecule has 4 nitrogen and oxygen atoms in total. The number of nitrogens with zero attached hydrogens (tertiary/aromatic N) is 2. The average Bonchev–Trinajstić information content (AvgIpc) is 2.59. The van der Waals surface area contributed by atoms with Crippen LogP contribution >= 0.6 is 22.5 Å². The topological polar surface area (TPSA) is 24.9 Å². The van der Waals surface area contributed by atoms with Crippen LogP contribution in [0.2, 0.25) is 0 Å². The first-order chi connectivity index (χ1) is 11.9. The van der Waals surface area contributed by atoms with Gasteiger partial charge in [-0.3, -0.25) is 4.81 Å². The van der Waals surface area contributed by atoms with Crippen LogP contribution in [0.15, 0.2) is 24.3 Å². The highest BCUT2D eigenvalue weighted by atomic mass is 79.9. The first-order valence-corrected chi connectivity index (χ1v) is 12.6. The molecule has 1 fully saturated rings. The zero-order valence-electron chi connectivity index (χ0n) is 17.0. The number of rotatable bonds is 1. The Bertz CT molecular complexity index is 649. The smallest absolute Gasteiger partial charge is 0.530 e. The fourth-order valence-electron chi connectivity index (χ4n) is 4.33. The van der Waals surface area contributed by atoms with Crippen molar-refractivity contribution < 1.29 is 9.18 Å². The molecule has 0 aliphatic carbocycles. The lowest BCUT2D eigenvalue weighted by Gasteiger charge is -2.56. The quantitative estimate of drug-likeness (QED) is 0.383. The second-order valence-corrected chi connectivity index (χ2v) is 12.5. The molecule has 0 bridgehead atoms. The first-order valence-electron chi connectivity index (χ1n) is 9.42. The van der Waals surface area contributed by atoms with Crippen molar-refractivity contribution in [3.63, 3.8) is 0 Å². The lowest BCUT2D eigenvalue weighted by molar-refractivity contribution is 0.0258. The molecule has 0 N–H and O–H groups in total. The first kappa shape index (κ1) is 20.4. The SMILES string of the molecule is CC(C)(C)N1B(N2C(C)(C)CCCC2(C)C)Oc2ccccc2OP1Br. The van der Waals surface area contributed by atoms with Crippen LogP contribution in [0.4, 0.5) is 0 Å². The molecular formula is C19H31BBrN2O2P. The molecule has 0 saturated carbocycles. The summed E-state index contributed by atoms with van der Waals surface area (Å²) in [5.41, 5.74) is -0.0394. The van der Waals surface area contributed by atoms with E-state index < -0.39 is 7.00 Å².